The van der Waals surface area contributed by atoms with Crippen molar-refractivity contribution in [3.05, 3.63) is 142 Å². The molecule has 1 aliphatic rings. The summed E-state index contributed by atoms with van der Waals surface area (Å²) in [6, 6.07) is 32.2. The fourth-order valence-electron chi connectivity index (χ4n) is 4.97. The second kappa shape index (κ2) is 11.4. The summed E-state index contributed by atoms with van der Waals surface area (Å²) in [6.45, 7) is 4.59. The van der Waals surface area contributed by atoms with Gasteiger partial charge in [0.25, 0.3) is 11.7 Å². The Hall–Kier alpha value is -4.64. The SMILES string of the molecule is Cc1ccc(C)c(/C(O)=C2\C(=O)C(=O)N(CCc3ccccc3)C2c2ccc(OCc3ccccc3)cc2)c1. The Bertz CT molecular complexity index is 1510. The van der Waals surface area contributed by atoms with Crippen LogP contribution in [0.4, 0.5) is 0 Å². The van der Waals surface area contributed by atoms with Crippen molar-refractivity contribution in [3.63, 3.8) is 0 Å². The molecule has 5 heteroatoms. The van der Waals surface area contributed by atoms with Crippen LogP contribution in [0.15, 0.2) is 109 Å². The maximum Gasteiger partial charge on any atom is 0.295 e. The number of hydrogen-bond acceptors (Lipinski definition) is 4. The van der Waals surface area contributed by atoms with Crippen molar-refractivity contribution in [1.29, 1.82) is 0 Å². The van der Waals surface area contributed by atoms with Crippen LogP contribution in [0.1, 0.15) is 39.4 Å². The van der Waals surface area contributed by atoms with E-state index in [1.54, 1.807) is 4.90 Å². The van der Waals surface area contributed by atoms with Gasteiger partial charge in [-0.15, -0.1) is 0 Å². The molecule has 1 heterocycles. The van der Waals surface area contributed by atoms with Crippen LogP contribution in [0.5, 0.6) is 5.75 Å². The van der Waals surface area contributed by atoms with E-state index in [0.29, 0.717) is 30.9 Å². The summed E-state index contributed by atoms with van der Waals surface area (Å²) in [6.07, 6.45) is 0.589. The molecule has 0 saturated carbocycles. The number of hydrogen-bond donors (Lipinski definition) is 1. The highest BCUT2D eigenvalue weighted by atomic mass is 16.5. The number of ether oxygens (including phenoxy) is 1. The van der Waals surface area contributed by atoms with E-state index in [2.05, 4.69) is 0 Å². The van der Waals surface area contributed by atoms with Crippen molar-refractivity contribution >= 4 is 17.4 Å². The molecule has 39 heavy (non-hydrogen) atoms. The van der Waals surface area contributed by atoms with E-state index in [1.165, 1.54) is 0 Å². The zero-order chi connectivity index (χ0) is 27.4. The minimum atomic E-state index is -0.711. The van der Waals surface area contributed by atoms with Crippen LogP contribution >= 0.6 is 0 Å². The Balaban J connectivity index is 1.50. The van der Waals surface area contributed by atoms with E-state index in [-0.39, 0.29) is 11.3 Å². The van der Waals surface area contributed by atoms with E-state index < -0.39 is 17.7 Å². The van der Waals surface area contributed by atoms with Crippen LogP contribution < -0.4 is 4.74 Å². The molecule has 1 N–H and O–H groups in total. The van der Waals surface area contributed by atoms with Crippen molar-refractivity contribution in [2.45, 2.75) is 32.9 Å². The molecule has 1 fully saturated rings. The number of carbonyl (C=O) groups is 2. The number of Topliss-reactive ketones (excluding diaryl/α,β-unsaturated/α-hetero) is 1. The van der Waals surface area contributed by atoms with Crippen LogP contribution in [-0.4, -0.2) is 28.2 Å². The van der Waals surface area contributed by atoms with Crippen LogP contribution in [0.25, 0.3) is 5.76 Å². The van der Waals surface area contributed by atoms with Crippen molar-refractivity contribution in [1.82, 2.24) is 4.90 Å². The highest BCUT2D eigenvalue weighted by molar-refractivity contribution is 6.46. The Morgan fingerprint density at radius 1 is 0.821 bits per heavy atom. The molecular formula is C34H31NO4. The van der Waals surface area contributed by atoms with Gasteiger partial charge in [0.2, 0.25) is 0 Å². The second-order valence-corrected chi connectivity index (χ2v) is 9.89. The number of aliphatic hydroxyl groups excluding tert-OH is 1. The third-order valence-electron chi connectivity index (χ3n) is 7.12. The Morgan fingerprint density at radius 2 is 1.46 bits per heavy atom. The first-order valence-electron chi connectivity index (χ1n) is 13.1. The molecule has 1 unspecified atom stereocenters. The molecule has 196 valence electrons. The van der Waals surface area contributed by atoms with E-state index in [1.807, 2.05) is 117 Å². The fourth-order valence-corrected chi connectivity index (χ4v) is 4.97. The normalized spacial score (nSPS) is 16.5. The Morgan fingerprint density at radius 3 is 2.13 bits per heavy atom. The summed E-state index contributed by atoms with van der Waals surface area (Å²) < 4.78 is 5.95. The van der Waals surface area contributed by atoms with Gasteiger partial charge in [-0.3, -0.25) is 9.59 Å². The van der Waals surface area contributed by atoms with Gasteiger partial charge < -0.3 is 14.7 Å². The molecular weight excluding hydrogens is 486 g/mol. The van der Waals surface area contributed by atoms with E-state index >= 15 is 0 Å². The van der Waals surface area contributed by atoms with Gasteiger partial charge in [-0.25, -0.2) is 0 Å². The maximum atomic E-state index is 13.4. The molecule has 0 bridgehead atoms. The van der Waals surface area contributed by atoms with Gasteiger partial charge in [-0.1, -0.05) is 90.5 Å². The molecule has 1 saturated heterocycles. The van der Waals surface area contributed by atoms with Crippen molar-refractivity contribution in [2.24, 2.45) is 0 Å². The Kier molecular flexibility index (Phi) is 7.60. The maximum absolute atomic E-state index is 13.4. The quantitative estimate of drug-likeness (QED) is 0.164. The molecule has 0 spiro atoms. The molecule has 4 aromatic carbocycles. The number of benzene rings is 4. The minimum Gasteiger partial charge on any atom is -0.507 e. The van der Waals surface area contributed by atoms with Gasteiger partial charge >= 0.3 is 0 Å². The Labute approximate surface area is 229 Å². The number of ketones is 1. The van der Waals surface area contributed by atoms with Crippen LogP contribution in [-0.2, 0) is 22.6 Å². The number of likely N-dealkylation sites (tertiary alicyclic amines) is 1. The summed E-state index contributed by atoms with van der Waals surface area (Å²) in [5.74, 6) is -0.743. The largest absolute Gasteiger partial charge is 0.507 e. The zero-order valence-electron chi connectivity index (χ0n) is 22.1. The highest BCUT2D eigenvalue weighted by Crippen LogP contribution is 2.40. The summed E-state index contributed by atoms with van der Waals surface area (Å²) in [5.41, 5.74) is 5.32. The topological polar surface area (TPSA) is 66.8 Å². The third-order valence-corrected chi connectivity index (χ3v) is 7.12. The molecule has 0 aliphatic carbocycles. The number of aryl methyl sites for hydroxylation is 2. The average molecular weight is 518 g/mol. The van der Waals surface area contributed by atoms with Crippen LogP contribution in [0.2, 0.25) is 0 Å². The van der Waals surface area contributed by atoms with Gasteiger partial charge in [-0.05, 0) is 60.7 Å². The van der Waals surface area contributed by atoms with E-state index in [0.717, 1.165) is 27.8 Å². The van der Waals surface area contributed by atoms with Crippen LogP contribution in [0, 0.1) is 13.8 Å². The number of rotatable bonds is 8. The highest BCUT2D eigenvalue weighted by Gasteiger charge is 2.46. The fraction of sp³-hybridized carbons (Fsp3) is 0.176. The molecule has 0 aromatic heterocycles. The first-order chi connectivity index (χ1) is 18.9. The van der Waals surface area contributed by atoms with E-state index in [9.17, 15) is 14.7 Å². The van der Waals surface area contributed by atoms with Gasteiger partial charge in [0.15, 0.2) is 0 Å². The summed E-state index contributed by atoms with van der Waals surface area (Å²) >= 11 is 0. The predicted molar refractivity (Wildman–Crippen MR) is 152 cm³/mol. The number of aliphatic hydroxyl groups is 1. The van der Waals surface area contributed by atoms with E-state index in [4.69, 9.17) is 4.74 Å². The molecule has 5 rings (SSSR count). The lowest BCUT2D eigenvalue weighted by molar-refractivity contribution is -0.139. The van der Waals surface area contributed by atoms with Crippen molar-refractivity contribution in [2.75, 3.05) is 6.54 Å². The van der Waals surface area contributed by atoms with Crippen molar-refractivity contribution < 1.29 is 19.4 Å². The number of nitrogens with zero attached hydrogens (tertiary/aromatic N) is 1. The third kappa shape index (κ3) is 5.63. The van der Waals surface area contributed by atoms with Crippen LogP contribution in [0.3, 0.4) is 0 Å². The summed E-state index contributed by atoms with van der Waals surface area (Å²) in [7, 11) is 0. The van der Waals surface area contributed by atoms with Gasteiger partial charge in [0, 0.05) is 12.1 Å². The lowest BCUT2D eigenvalue weighted by Gasteiger charge is -2.26. The standard InChI is InChI=1S/C34H31NO4/c1-23-13-14-24(2)29(21-23)32(36)30-31(35(34(38)33(30)37)20-19-25-9-5-3-6-10-25)27-15-17-28(18-16-27)39-22-26-11-7-4-8-12-26/h3-18,21,31,36H,19-20,22H2,1-2H3/b32-30+. The minimum absolute atomic E-state index is 0.111. The average Bonchev–Trinajstić information content (AvgIpc) is 3.22. The summed E-state index contributed by atoms with van der Waals surface area (Å²) in [4.78, 5) is 28.3. The smallest absolute Gasteiger partial charge is 0.295 e. The van der Waals surface area contributed by atoms with Gasteiger partial charge in [0.05, 0.1) is 11.6 Å². The number of carbonyl (C=O) groups excluding carboxylic acids is 2. The predicted octanol–water partition coefficient (Wildman–Crippen LogP) is 6.55. The zero-order valence-corrected chi connectivity index (χ0v) is 22.1. The lowest BCUT2D eigenvalue weighted by atomic mass is 9.93. The molecule has 5 nitrogen and oxygen atoms in total. The molecule has 0 radical (unpaired) electrons. The monoisotopic (exact) mass is 517 g/mol. The molecule has 4 aromatic rings. The first-order valence-corrected chi connectivity index (χ1v) is 13.1. The van der Waals surface area contributed by atoms with Gasteiger partial charge in [0.1, 0.15) is 18.1 Å². The lowest BCUT2D eigenvalue weighted by Crippen LogP contribution is -2.31. The summed E-state index contributed by atoms with van der Waals surface area (Å²) in [5, 5.41) is 11.5. The molecule has 1 amide bonds. The second-order valence-electron chi connectivity index (χ2n) is 9.89. The molecule has 1 atom stereocenters. The first kappa shape index (κ1) is 26.0. The number of amides is 1. The van der Waals surface area contributed by atoms with Crippen molar-refractivity contribution in [3.8, 4) is 5.75 Å². The van der Waals surface area contributed by atoms with Gasteiger partial charge in [-0.2, -0.15) is 0 Å². The molecule has 1 aliphatic heterocycles.